The van der Waals surface area contributed by atoms with Crippen molar-refractivity contribution in [3.05, 3.63) is 11.6 Å². The van der Waals surface area contributed by atoms with E-state index in [1.165, 1.54) is 5.57 Å². The molecule has 0 aromatic carbocycles. The Labute approximate surface area is 376 Å². The average molecular weight is 907 g/mol. The first kappa shape index (κ1) is 49.4. The van der Waals surface area contributed by atoms with Crippen LogP contribution in [0.25, 0.3) is 0 Å². The van der Waals surface area contributed by atoms with Crippen molar-refractivity contribution in [2.45, 2.75) is 206 Å². The highest BCUT2D eigenvalue weighted by molar-refractivity contribution is 5.95. The van der Waals surface area contributed by atoms with Gasteiger partial charge in [0.15, 0.2) is 30.6 Å². The van der Waals surface area contributed by atoms with Crippen molar-refractivity contribution < 1.29 is 78.6 Å². The summed E-state index contributed by atoms with van der Waals surface area (Å²) in [5.41, 5.74) is -1.38. The maximum absolute atomic E-state index is 15.1. The normalized spacial score (nSPS) is 48.7. The maximum Gasteiger partial charge on any atom is 0.335 e. The number of hydrogen-bond acceptors (Lipinski definition) is 14. The van der Waals surface area contributed by atoms with E-state index in [1.54, 1.807) is 0 Å². The van der Waals surface area contributed by atoms with Gasteiger partial charge in [0.2, 0.25) is 0 Å². The second kappa shape index (κ2) is 17.5. The molecule has 64 heavy (non-hydrogen) atoms. The molecule has 0 aromatic heterocycles. The molecule has 7 rings (SSSR count). The topological polar surface area (TPSA) is 256 Å². The van der Waals surface area contributed by atoms with Crippen LogP contribution in [0.4, 0.5) is 0 Å². The van der Waals surface area contributed by atoms with Crippen LogP contribution in [-0.4, -0.2) is 134 Å². The van der Waals surface area contributed by atoms with Gasteiger partial charge in [-0.25, -0.2) is 9.59 Å². The molecule has 6 fully saturated rings. The van der Waals surface area contributed by atoms with Crippen LogP contribution in [0.2, 0.25) is 0 Å². The molecule has 7 N–H and O–H groups in total. The van der Waals surface area contributed by atoms with Gasteiger partial charge in [-0.3, -0.25) is 9.59 Å². The van der Waals surface area contributed by atoms with Crippen LogP contribution < -0.4 is 0 Å². The quantitative estimate of drug-likeness (QED) is 0.0819. The Bertz CT molecular complexity index is 1830. The zero-order valence-corrected chi connectivity index (χ0v) is 38.9. The SMILES string of the molecule is CCCCCCOC(=O)[C@@]1(C)CC[C@]2(C)CC[C@]3(C)C(=CC(=O)[C@@H]4[C@@]5(C)CC[C@H](O[C@@H]6O[C@H](C(=O)O)[C@@H](O)[C@H](O)[C@H]6O[C@@H]6O[C@H](C(=O)O)[C@@H](O)[C@H](O)[C@H]6O)C(C)(C)[C@@H]5CC[C@]43C)[C@@H]2C1. The summed E-state index contributed by atoms with van der Waals surface area (Å²) < 4.78 is 29.5. The second-order valence-corrected chi connectivity index (χ2v) is 22.5. The Morgan fingerprint density at radius 3 is 1.98 bits per heavy atom. The van der Waals surface area contributed by atoms with Gasteiger partial charge < -0.3 is 59.4 Å². The van der Waals surface area contributed by atoms with Crippen LogP contribution in [0.5, 0.6) is 0 Å². The molecule has 2 aliphatic heterocycles. The summed E-state index contributed by atoms with van der Waals surface area (Å²) in [6.45, 7) is 17.9. The second-order valence-electron chi connectivity index (χ2n) is 22.5. The number of aliphatic carboxylic acids is 2. The van der Waals surface area contributed by atoms with E-state index in [0.29, 0.717) is 25.9 Å². The van der Waals surface area contributed by atoms with Crippen molar-refractivity contribution in [1.29, 1.82) is 0 Å². The van der Waals surface area contributed by atoms with Gasteiger partial charge in [0, 0.05) is 5.92 Å². The van der Waals surface area contributed by atoms with E-state index in [2.05, 4.69) is 34.6 Å². The van der Waals surface area contributed by atoms with E-state index in [9.17, 15) is 50.1 Å². The van der Waals surface area contributed by atoms with Gasteiger partial charge in [0.05, 0.1) is 18.1 Å². The molecule has 19 atom stereocenters. The predicted molar refractivity (Wildman–Crippen MR) is 227 cm³/mol. The minimum atomic E-state index is -2.04. The third-order valence-electron chi connectivity index (χ3n) is 18.4. The van der Waals surface area contributed by atoms with Crippen LogP contribution in [0.3, 0.4) is 0 Å². The number of carboxylic acids is 2. The smallest absolute Gasteiger partial charge is 0.335 e. The molecule has 7 aliphatic rings. The summed E-state index contributed by atoms with van der Waals surface area (Å²) in [5.74, 6) is -3.63. The number of carbonyl (C=O) groups is 4. The lowest BCUT2D eigenvalue weighted by molar-refractivity contribution is -0.371. The van der Waals surface area contributed by atoms with Crippen molar-refractivity contribution in [2.75, 3.05) is 6.61 Å². The van der Waals surface area contributed by atoms with E-state index < -0.39 is 101 Å². The lowest BCUT2D eigenvalue weighted by Gasteiger charge is -2.70. The number of allylic oxidation sites excluding steroid dienone is 2. The molecule has 0 bridgehead atoms. The van der Waals surface area contributed by atoms with Gasteiger partial charge in [-0.05, 0) is 116 Å². The van der Waals surface area contributed by atoms with Crippen LogP contribution in [0.15, 0.2) is 11.6 Å². The zero-order valence-electron chi connectivity index (χ0n) is 38.9. The van der Waals surface area contributed by atoms with Gasteiger partial charge in [-0.15, -0.1) is 0 Å². The number of esters is 1. The lowest BCUT2D eigenvalue weighted by atomic mass is 9.33. The van der Waals surface area contributed by atoms with Crippen LogP contribution in [0.1, 0.15) is 139 Å². The fourth-order valence-electron chi connectivity index (χ4n) is 14.2. The third kappa shape index (κ3) is 7.89. The fourth-order valence-corrected chi connectivity index (χ4v) is 14.2. The van der Waals surface area contributed by atoms with E-state index >= 15 is 4.79 Å². The number of carbonyl (C=O) groups excluding carboxylic acids is 2. The monoisotopic (exact) mass is 906 g/mol. The number of hydrogen-bond donors (Lipinski definition) is 7. The molecule has 0 spiro atoms. The largest absolute Gasteiger partial charge is 0.479 e. The van der Waals surface area contributed by atoms with E-state index in [0.717, 1.165) is 64.2 Å². The highest BCUT2D eigenvalue weighted by Gasteiger charge is 2.71. The van der Waals surface area contributed by atoms with E-state index in [-0.39, 0.29) is 40.3 Å². The van der Waals surface area contributed by atoms with Crippen molar-refractivity contribution in [2.24, 2.45) is 50.2 Å². The first-order valence-corrected chi connectivity index (χ1v) is 23.7. The van der Waals surface area contributed by atoms with Crippen molar-refractivity contribution >= 4 is 23.7 Å². The number of unbranched alkanes of at least 4 members (excludes halogenated alkanes) is 3. The molecule has 5 aliphatic carbocycles. The Balaban J connectivity index is 1.14. The first-order chi connectivity index (χ1) is 29.8. The number of ketones is 1. The summed E-state index contributed by atoms with van der Waals surface area (Å²) in [6, 6.07) is 0. The summed E-state index contributed by atoms with van der Waals surface area (Å²) >= 11 is 0. The van der Waals surface area contributed by atoms with Crippen molar-refractivity contribution in [3.8, 4) is 0 Å². The molecule has 2 saturated heterocycles. The highest BCUT2D eigenvalue weighted by atomic mass is 16.8. The molecule has 0 amide bonds. The van der Waals surface area contributed by atoms with Gasteiger partial charge in [-0.2, -0.15) is 0 Å². The molecular formula is C48H74O16. The number of aliphatic hydroxyl groups excluding tert-OH is 5. The van der Waals surface area contributed by atoms with Crippen molar-refractivity contribution in [3.63, 3.8) is 0 Å². The number of rotatable bonds is 12. The molecule has 0 unspecified atom stereocenters. The molecule has 2 heterocycles. The third-order valence-corrected chi connectivity index (χ3v) is 18.4. The molecule has 0 aromatic rings. The first-order valence-electron chi connectivity index (χ1n) is 23.7. The van der Waals surface area contributed by atoms with Gasteiger partial charge in [-0.1, -0.05) is 73.3 Å². The van der Waals surface area contributed by atoms with Gasteiger partial charge in [0.25, 0.3) is 0 Å². The Morgan fingerprint density at radius 1 is 0.719 bits per heavy atom. The molecule has 16 nitrogen and oxygen atoms in total. The summed E-state index contributed by atoms with van der Waals surface area (Å²) in [4.78, 5) is 52.9. The van der Waals surface area contributed by atoms with Gasteiger partial charge in [0.1, 0.15) is 36.6 Å². The maximum atomic E-state index is 15.1. The Hall–Kier alpha value is -2.54. The van der Waals surface area contributed by atoms with Crippen molar-refractivity contribution in [1.82, 2.24) is 0 Å². The fraction of sp³-hybridized carbons (Fsp3) is 0.875. The summed E-state index contributed by atoms with van der Waals surface area (Å²) in [7, 11) is 0. The number of ether oxygens (including phenoxy) is 5. The Morgan fingerprint density at radius 2 is 1.34 bits per heavy atom. The number of carboxylic acid groups (broad SMARTS) is 2. The molecular weight excluding hydrogens is 833 g/mol. The lowest BCUT2D eigenvalue weighted by Crippen LogP contribution is -2.68. The molecule has 4 saturated carbocycles. The number of fused-ring (bicyclic) bond motifs is 7. The van der Waals surface area contributed by atoms with Gasteiger partial charge >= 0.3 is 17.9 Å². The minimum Gasteiger partial charge on any atom is -0.479 e. The zero-order chi connectivity index (χ0) is 47.1. The summed E-state index contributed by atoms with van der Waals surface area (Å²) in [5, 5.41) is 73.1. The van der Waals surface area contributed by atoms with E-state index in [1.807, 2.05) is 26.8 Å². The standard InChI is InChI=1S/C48H74O16/c1-9-10-11-12-21-60-42(59)45(5)18-17-44(4)19-20-47(7)24(25(44)23-45)22-26(49)37-46(6)15-14-28(43(2,3)27(46)13-16-48(37,47)8)61-41-36(32(53)31(52)35(63-41)39(57)58)64-40-33(54)29(50)30(51)34(62-40)38(55)56/h22,25,27-37,40-41,50-54H,9-21,23H2,1-8H3,(H,55,56)(H,57,58)/t25-,27-,28-,29-,30-,31-,32-,33+,34-,35-,36+,37+,40-,41+,44+,45-,46-,47+,48+/m0/s1. The number of aliphatic hydroxyl groups is 5. The molecule has 0 radical (unpaired) electrons. The van der Waals surface area contributed by atoms with E-state index in [4.69, 9.17) is 23.7 Å². The van der Waals surface area contributed by atoms with Crippen LogP contribution >= 0.6 is 0 Å². The Kier molecular flexibility index (Phi) is 13.5. The highest BCUT2D eigenvalue weighted by Crippen LogP contribution is 2.75. The van der Waals surface area contributed by atoms with Crippen LogP contribution in [0, 0.1) is 50.2 Å². The average Bonchev–Trinajstić information content (AvgIpc) is 3.22. The molecule has 16 heteroatoms. The van der Waals surface area contributed by atoms with Crippen LogP contribution in [-0.2, 0) is 42.9 Å². The predicted octanol–water partition coefficient (Wildman–Crippen LogP) is 4.28. The minimum absolute atomic E-state index is 0.0412. The summed E-state index contributed by atoms with van der Waals surface area (Å²) in [6.07, 6.45) is -7.43. The molecule has 362 valence electrons.